The molecule has 106 valence electrons. The smallest absolute Gasteiger partial charge is 0.271 e. The van der Waals surface area contributed by atoms with Gasteiger partial charge < -0.3 is 9.72 Å². The van der Waals surface area contributed by atoms with E-state index in [1.54, 1.807) is 22.7 Å². The van der Waals surface area contributed by atoms with Crippen LogP contribution in [0.15, 0.2) is 48.8 Å². The van der Waals surface area contributed by atoms with Crippen molar-refractivity contribution >= 4 is 11.6 Å². The minimum atomic E-state index is -0.291. The number of carbonyl (C=O) groups is 1. The van der Waals surface area contributed by atoms with Crippen LogP contribution in [0.2, 0.25) is 0 Å². The van der Waals surface area contributed by atoms with Crippen LogP contribution >= 0.6 is 0 Å². The van der Waals surface area contributed by atoms with Crippen molar-refractivity contribution in [2.75, 3.05) is 0 Å². The van der Waals surface area contributed by atoms with E-state index in [2.05, 4.69) is 10.3 Å². The van der Waals surface area contributed by atoms with Gasteiger partial charge in [0, 0.05) is 18.9 Å². The van der Waals surface area contributed by atoms with E-state index >= 15 is 0 Å². The third-order valence-corrected chi connectivity index (χ3v) is 3.21. The highest BCUT2D eigenvalue weighted by molar-refractivity contribution is 5.92. The largest absolute Gasteiger partial charge is 0.347 e. The van der Waals surface area contributed by atoms with Crippen LogP contribution in [0.3, 0.4) is 0 Å². The summed E-state index contributed by atoms with van der Waals surface area (Å²) in [5, 5.41) is 2.77. The Kier molecular flexibility index (Phi) is 3.39. The molecule has 2 heterocycles. The number of halogens is 1. The molecule has 3 aromatic rings. The summed E-state index contributed by atoms with van der Waals surface area (Å²) in [5.74, 6) is -0.540. The zero-order valence-corrected chi connectivity index (χ0v) is 11.5. The van der Waals surface area contributed by atoms with Crippen LogP contribution in [0, 0.1) is 12.7 Å². The lowest BCUT2D eigenvalue weighted by Gasteiger charge is -2.03. The summed E-state index contributed by atoms with van der Waals surface area (Å²) in [5.41, 5.74) is 3.03. The molecule has 21 heavy (non-hydrogen) atoms. The van der Waals surface area contributed by atoms with Gasteiger partial charge in [0.15, 0.2) is 0 Å². The number of nitrogens with one attached hydrogen (secondary N) is 1. The number of imidazole rings is 1. The van der Waals surface area contributed by atoms with Gasteiger partial charge in [-0.15, -0.1) is 0 Å². The second kappa shape index (κ2) is 5.36. The molecular weight excluding hydrogens is 269 g/mol. The molecule has 0 aliphatic heterocycles. The fraction of sp³-hybridized carbons (Fsp3) is 0.125. The van der Waals surface area contributed by atoms with E-state index in [0.29, 0.717) is 12.2 Å². The highest BCUT2D eigenvalue weighted by Crippen LogP contribution is 2.08. The van der Waals surface area contributed by atoms with E-state index in [4.69, 9.17) is 0 Å². The fourth-order valence-corrected chi connectivity index (χ4v) is 2.07. The molecule has 0 atom stereocenters. The highest BCUT2D eigenvalue weighted by Gasteiger charge is 2.10. The van der Waals surface area contributed by atoms with Gasteiger partial charge in [0.1, 0.15) is 17.2 Å². The van der Waals surface area contributed by atoms with Crippen molar-refractivity contribution in [2.45, 2.75) is 13.5 Å². The normalized spacial score (nSPS) is 10.8. The number of pyridine rings is 1. The lowest BCUT2D eigenvalue weighted by atomic mass is 10.2. The van der Waals surface area contributed by atoms with Crippen molar-refractivity contribution in [1.29, 1.82) is 0 Å². The van der Waals surface area contributed by atoms with Crippen molar-refractivity contribution < 1.29 is 9.18 Å². The number of hydrogen-bond donors (Lipinski definition) is 1. The Balaban J connectivity index is 1.73. The first-order valence-corrected chi connectivity index (χ1v) is 6.60. The van der Waals surface area contributed by atoms with Gasteiger partial charge in [-0.25, -0.2) is 9.37 Å². The first-order chi connectivity index (χ1) is 10.1. The second-order valence-electron chi connectivity index (χ2n) is 4.90. The molecule has 0 fully saturated rings. The quantitative estimate of drug-likeness (QED) is 0.803. The molecule has 1 N–H and O–H groups in total. The van der Waals surface area contributed by atoms with Gasteiger partial charge in [-0.3, -0.25) is 4.79 Å². The average Bonchev–Trinajstić information content (AvgIpc) is 2.89. The topological polar surface area (TPSA) is 46.4 Å². The van der Waals surface area contributed by atoms with E-state index in [0.717, 1.165) is 16.8 Å². The van der Waals surface area contributed by atoms with Gasteiger partial charge in [0.2, 0.25) is 0 Å². The van der Waals surface area contributed by atoms with Crippen LogP contribution in [-0.4, -0.2) is 15.3 Å². The highest BCUT2D eigenvalue weighted by atomic mass is 19.1. The lowest BCUT2D eigenvalue weighted by Crippen LogP contribution is -2.23. The lowest BCUT2D eigenvalue weighted by molar-refractivity contribution is 0.0946. The van der Waals surface area contributed by atoms with Crippen molar-refractivity contribution in [3.63, 3.8) is 0 Å². The summed E-state index contributed by atoms with van der Waals surface area (Å²) in [4.78, 5) is 16.4. The molecule has 0 unspecified atom stereocenters. The van der Waals surface area contributed by atoms with E-state index in [1.165, 1.54) is 12.1 Å². The predicted molar refractivity (Wildman–Crippen MR) is 77.5 cm³/mol. The molecule has 3 rings (SSSR count). The SMILES string of the molecule is Cc1ccn2cc(C(=O)NCc3ccc(F)cc3)nc2c1. The Morgan fingerprint density at radius 3 is 2.81 bits per heavy atom. The molecule has 0 saturated carbocycles. The molecule has 2 aromatic heterocycles. The van der Waals surface area contributed by atoms with Crippen LogP contribution in [0.4, 0.5) is 4.39 Å². The number of amides is 1. The number of carbonyl (C=O) groups excluding carboxylic acids is 1. The molecular formula is C16H14FN3O. The van der Waals surface area contributed by atoms with Crippen molar-refractivity contribution in [3.05, 3.63) is 71.4 Å². The van der Waals surface area contributed by atoms with Gasteiger partial charge in [-0.05, 0) is 42.3 Å². The molecule has 0 spiro atoms. The minimum absolute atomic E-state index is 0.249. The molecule has 0 aliphatic rings. The van der Waals surface area contributed by atoms with Crippen LogP contribution in [-0.2, 0) is 6.54 Å². The standard InChI is InChI=1S/C16H14FN3O/c1-11-6-7-20-10-14(19-15(20)8-11)16(21)18-9-12-2-4-13(17)5-3-12/h2-8,10H,9H2,1H3,(H,18,21). The number of rotatable bonds is 3. The number of aromatic nitrogens is 2. The van der Waals surface area contributed by atoms with E-state index < -0.39 is 0 Å². The number of fused-ring (bicyclic) bond motifs is 1. The maximum absolute atomic E-state index is 12.8. The summed E-state index contributed by atoms with van der Waals surface area (Å²) in [7, 11) is 0. The zero-order valence-electron chi connectivity index (χ0n) is 11.5. The van der Waals surface area contributed by atoms with Gasteiger partial charge >= 0.3 is 0 Å². The summed E-state index contributed by atoms with van der Waals surface area (Å²) >= 11 is 0. The third kappa shape index (κ3) is 2.91. The Morgan fingerprint density at radius 1 is 1.29 bits per heavy atom. The van der Waals surface area contributed by atoms with Gasteiger partial charge in [0.05, 0.1) is 0 Å². The molecule has 0 radical (unpaired) electrons. The number of aryl methyl sites for hydroxylation is 1. The molecule has 0 bridgehead atoms. The monoisotopic (exact) mass is 283 g/mol. The predicted octanol–water partition coefficient (Wildman–Crippen LogP) is 2.71. The Labute approximate surface area is 121 Å². The van der Waals surface area contributed by atoms with Crippen LogP contribution in [0.1, 0.15) is 21.6 Å². The number of nitrogens with zero attached hydrogens (tertiary/aromatic N) is 2. The van der Waals surface area contributed by atoms with E-state index in [1.807, 2.05) is 25.3 Å². The van der Waals surface area contributed by atoms with Gasteiger partial charge in [-0.1, -0.05) is 12.1 Å². The summed E-state index contributed by atoms with van der Waals surface area (Å²) in [6.45, 7) is 2.31. The van der Waals surface area contributed by atoms with E-state index in [-0.39, 0.29) is 11.7 Å². The van der Waals surface area contributed by atoms with Crippen molar-refractivity contribution in [1.82, 2.24) is 14.7 Å². The van der Waals surface area contributed by atoms with Crippen LogP contribution in [0.25, 0.3) is 5.65 Å². The molecule has 1 amide bonds. The van der Waals surface area contributed by atoms with Gasteiger partial charge in [0.25, 0.3) is 5.91 Å². The van der Waals surface area contributed by atoms with Gasteiger partial charge in [-0.2, -0.15) is 0 Å². The Hall–Kier alpha value is -2.69. The molecule has 0 saturated heterocycles. The molecule has 4 nitrogen and oxygen atoms in total. The zero-order chi connectivity index (χ0) is 14.8. The van der Waals surface area contributed by atoms with Crippen molar-refractivity contribution in [2.24, 2.45) is 0 Å². The molecule has 1 aromatic carbocycles. The fourth-order valence-electron chi connectivity index (χ4n) is 2.07. The first kappa shape index (κ1) is 13.3. The minimum Gasteiger partial charge on any atom is -0.347 e. The van der Waals surface area contributed by atoms with Crippen molar-refractivity contribution in [3.8, 4) is 0 Å². The third-order valence-electron chi connectivity index (χ3n) is 3.21. The number of benzene rings is 1. The maximum Gasteiger partial charge on any atom is 0.271 e. The Morgan fingerprint density at radius 2 is 2.05 bits per heavy atom. The molecule has 5 heteroatoms. The summed E-state index contributed by atoms with van der Waals surface area (Å²) in [6.07, 6.45) is 3.56. The Bertz CT molecular complexity index is 793. The molecule has 0 aliphatic carbocycles. The first-order valence-electron chi connectivity index (χ1n) is 6.60. The van der Waals surface area contributed by atoms with Crippen LogP contribution < -0.4 is 5.32 Å². The maximum atomic E-state index is 12.8. The van der Waals surface area contributed by atoms with E-state index in [9.17, 15) is 9.18 Å². The van der Waals surface area contributed by atoms with Crippen LogP contribution in [0.5, 0.6) is 0 Å². The second-order valence-corrected chi connectivity index (χ2v) is 4.90. The number of hydrogen-bond acceptors (Lipinski definition) is 2. The summed E-state index contributed by atoms with van der Waals surface area (Å²) in [6, 6.07) is 9.89. The average molecular weight is 283 g/mol. The summed E-state index contributed by atoms with van der Waals surface area (Å²) < 4.78 is 14.6.